The van der Waals surface area contributed by atoms with Crippen molar-refractivity contribution in [2.45, 2.75) is 13.0 Å². The van der Waals surface area contributed by atoms with Gasteiger partial charge in [0.25, 0.3) is 5.91 Å². The highest BCUT2D eigenvalue weighted by Crippen LogP contribution is 2.22. The molecule has 0 bridgehead atoms. The zero-order chi connectivity index (χ0) is 17.5. The third-order valence-corrected chi connectivity index (χ3v) is 3.77. The maximum Gasteiger partial charge on any atom is 0.279 e. The number of carbonyl (C=O) groups excluding carboxylic acids is 1. The molecule has 0 radical (unpaired) electrons. The Morgan fingerprint density at radius 1 is 1.04 bits per heavy atom. The van der Waals surface area contributed by atoms with Crippen molar-refractivity contribution in [3.05, 3.63) is 78.8 Å². The molecule has 0 fully saturated rings. The third kappa shape index (κ3) is 4.96. The Morgan fingerprint density at radius 3 is 2.44 bits per heavy atom. The molecular weight excluding hydrogens is 316 g/mol. The smallest absolute Gasteiger partial charge is 0.279 e. The summed E-state index contributed by atoms with van der Waals surface area (Å²) in [5.74, 6) is 2.30. The van der Waals surface area contributed by atoms with Crippen LogP contribution in [-0.4, -0.2) is 12.5 Å². The van der Waals surface area contributed by atoms with E-state index >= 15 is 0 Å². The number of rotatable bonds is 7. The van der Waals surface area contributed by atoms with Crippen molar-refractivity contribution >= 4 is 11.6 Å². The number of benzene rings is 2. The molecule has 0 spiro atoms. The molecule has 0 saturated heterocycles. The van der Waals surface area contributed by atoms with E-state index < -0.39 is 0 Å². The fourth-order valence-electron chi connectivity index (χ4n) is 2.39. The van der Waals surface area contributed by atoms with Crippen molar-refractivity contribution in [3.63, 3.8) is 0 Å². The van der Waals surface area contributed by atoms with Crippen LogP contribution in [0.15, 0.2) is 77.4 Å². The molecule has 5 heteroatoms. The molecular formula is C20H21N2O3+. The molecule has 5 nitrogen and oxygen atoms in total. The molecule has 0 aliphatic rings. The van der Waals surface area contributed by atoms with Crippen molar-refractivity contribution in [2.75, 3.05) is 11.9 Å². The maximum absolute atomic E-state index is 12.1. The number of anilines is 1. The fourth-order valence-corrected chi connectivity index (χ4v) is 2.39. The van der Waals surface area contributed by atoms with E-state index in [0.29, 0.717) is 6.54 Å². The predicted octanol–water partition coefficient (Wildman–Crippen LogP) is 3.34. The summed E-state index contributed by atoms with van der Waals surface area (Å²) in [5.41, 5.74) is 0.740. The highest BCUT2D eigenvalue weighted by Gasteiger charge is 2.13. The Kier molecular flexibility index (Phi) is 5.49. The van der Waals surface area contributed by atoms with E-state index in [-0.39, 0.29) is 11.9 Å². The number of carbonyl (C=O) groups is 1. The first kappa shape index (κ1) is 16.8. The van der Waals surface area contributed by atoms with E-state index in [1.54, 1.807) is 6.26 Å². The molecule has 1 amide bonds. The molecule has 25 heavy (non-hydrogen) atoms. The lowest BCUT2D eigenvalue weighted by molar-refractivity contribution is -0.684. The molecule has 0 unspecified atom stereocenters. The van der Waals surface area contributed by atoms with E-state index in [1.165, 1.54) is 0 Å². The first-order chi connectivity index (χ1) is 12.2. The van der Waals surface area contributed by atoms with Crippen LogP contribution in [0.3, 0.4) is 0 Å². The number of hydrogen-bond donors (Lipinski definition) is 2. The minimum Gasteiger partial charge on any atom is -0.463 e. The first-order valence-corrected chi connectivity index (χ1v) is 8.20. The van der Waals surface area contributed by atoms with Crippen molar-refractivity contribution in [1.29, 1.82) is 0 Å². The Bertz CT molecular complexity index is 784. The van der Waals surface area contributed by atoms with Gasteiger partial charge in [-0.25, -0.2) is 0 Å². The van der Waals surface area contributed by atoms with E-state index in [0.717, 1.165) is 22.9 Å². The molecule has 1 heterocycles. The first-order valence-electron chi connectivity index (χ1n) is 8.20. The maximum atomic E-state index is 12.1. The predicted molar refractivity (Wildman–Crippen MR) is 95.5 cm³/mol. The summed E-state index contributed by atoms with van der Waals surface area (Å²) in [5, 5.41) is 4.81. The van der Waals surface area contributed by atoms with Gasteiger partial charge in [-0.15, -0.1) is 0 Å². The van der Waals surface area contributed by atoms with Crippen LogP contribution in [0, 0.1) is 0 Å². The molecule has 3 N–H and O–H groups in total. The fraction of sp³-hybridized carbons (Fsp3) is 0.150. The number of para-hydroxylation sites is 1. The largest absolute Gasteiger partial charge is 0.463 e. The second-order valence-corrected chi connectivity index (χ2v) is 5.73. The molecule has 3 rings (SSSR count). The number of nitrogens with two attached hydrogens (primary N) is 1. The molecule has 0 saturated carbocycles. The summed E-state index contributed by atoms with van der Waals surface area (Å²) in [6.07, 6.45) is 1.64. The lowest BCUT2D eigenvalue weighted by Gasteiger charge is -2.09. The molecule has 0 aliphatic carbocycles. The van der Waals surface area contributed by atoms with Gasteiger partial charge in [-0.3, -0.25) is 4.79 Å². The molecule has 1 aromatic heterocycles. The quantitative estimate of drug-likeness (QED) is 0.695. The van der Waals surface area contributed by atoms with Crippen molar-refractivity contribution < 1.29 is 19.3 Å². The van der Waals surface area contributed by atoms with Crippen LogP contribution in [0.2, 0.25) is 0 Å². The molecule has 128 valence electrons. The lowest BCUT2D eigenvalue weighted by atomic mass is 10.2. The van der Waals surface area contributed by atoms with E-state index in [2.05, 4.69) is 5.32 Å². The van der Waals surface area contributed by atoms with Gasteiger partial charge in [0.2, 0.25) is 0 Å². The minimum atomic E-state index is -0.0601. The van der Waals surface area contributed by atoms with Gasteiger partial charge in [-0.1, -0.05) is 18.2 Å². The van der Waals surface area contributed by atoms with Crippen LogP contribution in [0.1, 0.15) is 18.7 Å². The van der Waals surface area contributed by atoms with E-state index in [1.807, 2.05) is 79.0 Å². The summed E-state index contributed by atoms with van der Waals surface area (Å²) in [6.45, 7) is 2.33. The number of nitrogens with one attached hydrogen (secondary N) is 1. The number of amides is 1. The van der Waals surface area contributed by atoms with Gasteiger partial charge in [0.1, 0.15) is 17.5 Å². The van der Waals surface area contributed by atoms with Crippen molar-refractivity contribution in [2.24, 2.45) is 0 Å². The summed E-state index contributed by atoms with van der Waals surface area (Å²) in [7, 11) is 0. The molecule has 1 atom stereocenters. The van der Waals surface area contributed by atoms with E-state index in [4.69, 9.17) is 9.15 Å². The Hall–Kier alpha value is -3.05. The third-order valence-electron chi connectivity index (χ3n) is 3.77. The van der Waals surface area contributed by atoms with Gasteiger partial charge in [0.15, 0.2) is 12.3 Å². The monoisotopic (exact) mass is 337 g/mol. The standard InChI is InChI=1S/C20H20N2O3/c1-15(19-8-5-13-24-19)21-14-20(23)22-16-9-11-18(12-10-16)25-17-6-3-2-4-7-17/h2-13,15,21H,14H2,1H3,(H,22,23)/p+1/t15-/m0/s1. The zero-order valence-corrected chi connectivity index (χ0v) is 14.0. The second kappa shape index (κ2) is 8.17. The van der Waals surface area contributed by atoms with Crippen molar-refractivity contribution in [1.82, 2.24) is 0 Å². The topological polar surface area (TPSA) is 68.1 Å². The Labute approximate surface area is 146 Å². The van der Waals surface area contributed by atoms with E-state index in [9.17, 15) is 4.79 Å². The van der Waals surface area contributed by atoms with Gasteiger partial charge in [0, 0.05) is 5.69 Å². The highest BCUT2D eigenvalue weighted by atomic mass is 16.5. The SMILES string of the molecule is C[C@H]([NH2+]CC(=O)Nc1ccc(Oc2ccccc2)cc1)c1ccco1. The highest BCUT2D eigenvalue weighted by molar-refractivity contribution is 5.91. The lowest BCUT2D eigenvalue weighted by Crippen LogP contribution is -2.86. The number of furan rings is 1. The van der Waals surface area contributed by atoms with Gasteiger partial charge in [-0.2, -0.15) is 0 Å². The number of quaternary nitrogens is 1. The summed E-state index contributed by atoms with van der Waals surface area (Å²) in [6, 6.07) is 20.7. The number of ether oxygens (including phenoxy) is 1. The van der Waals surface area contributed by atoms with Crippen LogP contribution < -0.4 is 15.4 Å². The van der Waals surface area contributed by atoms with Gasteiger partial charge in [0.05, 0.1) is 6.26 Å². The second-order valence-electron chi connectivity index (χ2n) is 5.73. The number of hydrogen-bond acceptors (Lipinski definition) is 3. The summed E-state index contributed by atoms with van der Waals surface area (Å²) >= 11 is 0. The van der Waals surface area contributed by atoms with Gasteiger partial charge >= 0.3 is 0 Å². The average molecular weight is 337 g/mol. The minimum absolute atomic E-state index is 0.0601. The normalized spacial score (nSPS) is 11.7. The zero-order valence-electron chi connectivity index (χ0n) is 14.0. The van der Waals surface area contributed by atoms with Crippen LogP contribution >= 0.6 is 0 Å². The molecule has 0 aliphatic heterocycles. The Balaban J connectivity index is 1.48. The van der Waals surface area contributed by atoms with Gasteiger partial charge in [-0.05, 0) is 55.5 Å². The van der Waals surface area contributed by atoms with Crippen LogP contribution in [0.4, 0.5) is 5.69 Å². The molecule has 2 aromatic carbocycles. The average Bonchev–Trinajstić information content (AvgIpc) is 3.17. The summed E-state index contributed by atoms with van der Waals surface area (Å²) in [4.78, 5) is 12.1. The summed E-state index contributed by atoms with van der Waals surface area (Å²) < 4.78 is 11.1. The van der Waals surface area contributed by atoms with Gasteiger partial charge < -0.3 is 19.8 Å². The van der Waals surface area contributed by atoms with Crippen LogP contribution in [-0.2, 0) is 4.79 Å². The van der Waals surface area contributed by atoms with Crippen molar-refractivity contribution in [3.8, 4) is 11.5 Å². The van der Waals surface area contributed by atoms with Crippen LogP contribution in [0.25, 0.3) is 0 Å². The van der Waals surface area contributed by atoms with Crippen LogP contribution in [0.5, 0.6) is 11.5 Å². The molecule has 3 aromatic rings. The Morgan fingerprint density at radius 2 is 1.76 bits per heavy atom.